The van der Waals surface area contributed by atoms with Crippen LogP contribution >= 0.6 is 0 Å². The second kappa shape index (κ2) is 18.2. The van der Waals surface area contributed by atoms with Crippen LogP contribution < -0.4 is 0 Å². The zero-order valence-corrected chi connectivity index (χ0v) is 15.6. The number of hydrogen-bond donors (Lipinski definition) is 0. The summed E-state index contributed by atoms with van der Waals surface area (Å²) in [5.74, 6) is -0.509. The van der Waals surface area contributed by atoms with Gasteiger partial charge in [0.1, 0.15) is 6.61 Å². The van der Waals surface area contributed by atoms with E-state index in [0.717, 1.165) is 12.8 Å². The van der Waals surface area contributed by atoms with Gasteiger partial charge in [0, 0.05) is 19.4 Å². The van der Waals surface area contributed by atoms with Gasteiger partial charge in [-0.1, -0.05) is 51.9 Å². The van der Waals surface area contributed by atoms with E-state index < -0.39 is 0 Å². The van der Waals surface area contributed by atoms with Gasteiger partial charge in [-0.15, -0.1) is 0 Å². The lowest BCUT2D eigenvalue weighted by Crippen LogP contribution is -2.11. The Morgan fingerprint density at radius 1 is 0.625 bits per heavy atom. The summed E-state index contributed by atoms with van der Waals surface area (Å²) in [6, 6.07) is 0. The topological polar surface area (TPSA) is 61.8 Å². The Morgan fingerprint density at radius 3 is 1.75 bits per heavy atom. The molecule has 0 fully saturated rings. The number of rotatable bonds is 17. The molecule has 5 heteroatoms. The minimum Gasteiger partial charge on any atom is -0.466 e. The van der Waals surface area contributed by atoms with Crippen molar-refractivity contribution >= 4 is 11.9 Å². The second-order valence-corrected chi connectivity index (χ2v) is 5.97. The number of carbonyl (C=O) groups is 2. The highest BCUT2D eigenvalue weighted by Gasteiger charge is 2.07. The molecule has 0 amide bonds. The molecule has 0 N–H and O–H groups in total. The molecule has 0 aliphatic carbocycles. The second-order valence-electron chi connectivity index (χ2n) is 5.97. The molecule has 0 rings (SSSR count). The molecular formula is C19H36O5. The van der Waals surface area contributed by atoms with Gasteiger partial charge in [-0.2, -0.15) is 0 Å². The van der Waals surface area contributed by atoms with Gasteiger partial charge in [-0.3, -0.25) is 9.59 Å². The molecule has 0 saturated heterocycles. The van der Waals surface area contributed by atoms with Crippen LogP contribution in [0.4, 0.5) is 0 Å². The third-order valence-corrected chi connectivity index (χ3v) is 3.72. The lowest BCUT2D eigenvalue weighted by Gasteiger charge is -2.06. The zero-order valence-electron chi connectivity index (χ0n) is 15.6. The van der Waals surface area contributed by atoms with Crippen molar-refractivity contribution in [1.29, 1.82) is 0 Å². The molecule has 0 aromatic heterocycles. The zero-order chi connectivity index (χ0) is 17.9. The van der Waals surface area contributed by atoms with Crippen molar-refractivity contribution in [2.45, 2.75) is 84.5 Å². The summed E-state index contributed by atoms with van der Waals surface area (Å²) in [5, 5.41) is 0. The van der Waals surface area contributed by atoms with E-state index in [9.17, 15) is 9.59 Å². The molecule has 0 bridgehead atoms. The molecule has 142 valence electrons. The Hall–Kier alpha value is -1.10. The fraction of sp³-hybridized carbons (Fsp3) is 0.895. The van der Waals surface area contributed by atoms with E-state index in [1.807, 2.05) is 6.92 Å². The summed E-state index contributed by atoms with van der Waals surface area (Å²) in [5.41, 5.74) is 0. The van der Waals surface area contributed by atoms with Crippen LogP contribution in [0.15, 0.2) is 0 Å². The first kappa shape index (κ1) is 22.9. The van der Waals surface area contributed by atoms with Crippen LogP contribution in [-0.4, -0.2) is 38.4 Å². The predicted molar refractivity (Wildman–Crippen MR) is 94.9 cm³/mol. The Kier molecular flexibility index (Phi) is 17.4. The quantitative estimate of drug-likeness (QED) is 0.289. The van der Waals surface area contributed by atoms with Crippen LogP contribution in [0.1, 0.15) is 84.5 Å². The Morgan fingerprint density at radius 2 is 1.17 bits per heavy atom. The minimum absolute atomic E-state index is 0.222. The molecule has 0 aliphatic rings. The van der Waals surface area contributed by atoms with Crippen molar-refractivity contribution in [2.24, 2.45) is 0 Å². The summed E-state index contributed by atoms with van der Waals surface area (Å²) >= 11 is 0. The summed E-state index contributed by atoms with van der Waals surface area (Å²) < 4.78 is 15.2. The highest BCUT2D eigenvalue weighted by molar-refractivity contribution is 5.72. The van der Waals surface area contributed by atoms with Crippen molar-refractivity contribution in [3.05, 3.63) is 0 Å². The van der Waals surface area contributed by atoms with E-state index in [1.54, 1.807) is 0 Å². The first-order valence-corrected chi connectivity index (χ1v) is 9.59. The maximum absolute atomic E-state index is 11.5. The number of ether oxygens (including phenoxy) is 3. The molecule has 0 heterocycles. The van der Waals surface area contributed by atoms with Crippen LogP contribution in [-0.2, 0) is 23.8 Å². The molecule has 0 saturated carbocycles. The number of esters is 2. The number of carbonyl (C=O) groups excluding carboxylic acids is 2. The van der Waals surface area contributed by atoms with Gasteiger partial charge in [0.05, 0.1) is 13.2 Å². The van der Waals surface area contributed by atoms with E-state index >= 15 is 0 Å². The lowest BCUT2D eigenvalue weighted by molar-refractivity contribution is -0.146. The average molecular weight is 344 g/mol. The SMILES string of the molecule is CCCCCCCCCCOC(=O)CCCC(=O)OCCOCC. The summed E-state index contributed by atoms with van der Waals surface area (Å²) in [6.45, 7) is 5.91. The molecule has 0 aromatic rings. The maximum Gasteiger partial charge on any atom is 0.305 e. The Labute approximate surface area is 147 Å². The van der Waals surface area contributed by atoms with E-state index in [0.29, 0.717) is 26.2 Å². The van der Waals surface area contributed by atoms with Crippen molar-refractivity contribution in [3.8, 4) is 0 Å². The number of hydrogen-bond acceptors (Lipinski definition) is 5. The van der Waals surface area contributed by atoms with Gasteiger partial charge >= 0.3 is 11.9 Å². The van der Waals surface area contributed by atoms with Crippen LogP contribution in [0.5, 0.6) is 0 Å². The lowest BCUT2D eigenvalue weighted by atomic mass is 10.1. The van der Waals surface area contributed by atoms with E-state index in [-0.39, 0.29) is 31.4 Å². The molecule has 0 aromatic carbocycles. The van der Waals surface area contributed by atoms with Crippen molar-refractivity contribution in [3.63, 3.8) is 0 Å². The minimum atomic E-state index is -0.287. The molecule has 0 aliphatic heterocycles. The maximum atomic E-state index is 11.5. The average Bonchev–Trinajstić information content (AvgIpc) is 2.57. The fourth-order valence-corrected chi connectivity index (χ4v) is 2.30. The van der Waals surface area contributed by atoms with Gasteiger partial charge in [0.25, 0.3) is 0 Å². The van der Waals surface area contributed by atoms with Gasteiger partial charge in [0.15, 0.2) is 0 Å². The summed E-state index contributed by atoms with van der Waals surface area (Å²) in [6.07, 6.45) is 10.8. The molecular weight excluding hydrogens is 308 g/mol. The monoisotopic (exact) mass is 344 g/mol. The molecule has 0 atom stereocenters. The first-order chi connectivity index (χ1) is 11.7. The molecule has 0 unspecified atom stereocenters. The van der Waals surface area contributed by atoms with Crippen molar-refractivity contribution < 1.29 is 23.8 Å². The first-order valence-electron chi connectivity index (χ1n) is 9.59. The predicted octanol–water partition coefficient (Wildman–Crippen LogP) is 4.42. The van der Waals surface area contributed by atoms with E-state index in [4.69, 9.17) is 14.2 Å². The highest BCUT2D eigenvalue weighted by Crippen LogP contribution is 2.08. The van der Waals surface area contributed by atoms with Crippen LogP contribution in [0.25, 0.3) is 0 Å². The largest absolute Gasteiger partial charge is 0.466 e. The third-order valence-electron chi connectivity index (χ3n) is 3.72. The molecule has 24 heavy (non-hydrogen) atoms. The standard InChI is InChI=1S/C19H36O5/c1-3-5-6-7-8-9-10-11-15-23-18(20)13-12-14-19(21)24-17-16-22-4-2/h3-17H2,1-2H3. The molecule has 0 spiro atoms. The number of unbranched alkanes of at least 4 members (excludes halogenated alkanes) is 7. The van der Waals surface area contributed by atoms with Gasteiger partial charge in [0.2, 0.25) is 0 Å². The van der Waals surface area contributed by atoms with Gasteiger partial charge < -0.3 is 14.2 Å². The normalized spacial score (nSPS) is 10.6. The summed E-state index contributed by atoms with van der Waals surface area (Å²) in [7, 11) is 0. The van der Waals surface area contributed by atoms with Crippen LogP contribution in [0, 0.1) is 0 Å². The van der Waals surface area contributed by atoms with Crippen molar-refractivity contribution in [2.75, 3.05) is 26.4 Å². The van der Waals surface area contributed by atoms with Gasteiger partial charge in [-0.05, 0) is 19.8 Å². The van der Waals surface area contributed by atoms with Crippen LogP contribution in [0.2, 0.25) is 0 Å². The summed E-state index contributed by atoms with van der Waals surface area (Å²) in [4.78, 5) is 22.9. The third kappa shape index (κ3) is 17.3. The fourth-order valence-electron chi connectivity index (χ4n) is 2.30. The van der Waals surface area contributed by atoms with E-state index in [1.165, 1.54) is 38.5 Å². The van der Waals surface area contributed by atoms with Crippen molar-refractivity contribution in [1.82, 2.24) is 0 Å². The Bertz CT molecular complexity index is 304. The Balaban J connectivity index is 3.30. The molecule has 5 nitrogen and oxygen atoms in total. The molecule has 0 radical (unpaired) electrons. The van der Waals surface area contributed by atoms with Gasteiger partial charge in [-0.25, -0.2) is 0 Å². The smallest absolute Gasteiger partial charge is 0.305 e. The van der Waals surface area contributed by atoms with E-state index in [2.05, 4.69) is 6.92 Å². The highest BCUT2D eigenvalue weighted by atomic mass is 16.6. The van der Waals surface area contributed by atoms with Crippen LogP contribution in [0.3, 0.4) is 0 Å².